The first-order valence-corrected chi connectivity index (χ1v) is 12.3. The molecule has 1 fully saturated rings. The molecule has 4 rings (SSSR count). The van der Waals surface area contributed by atoms with Crippen LogP contribution in [0.1, 0.15) is 24.0 Å². The van der Waals surface area contributed by atoms with Crippen molar-refractivity contribution in [3.05, 3.63) is 90.0 Å². The summed E-state index contributed by atoms with van der Waals surface area (Å²) in [6.07, 6.45) is 0.928. The number of hydrogen-bond acceptors (Lipinski definition) is 4. The third-order valence-corrected chi connectivity index (χ3v) is 9.67. The van der Waals surface area contributed by atoms with Crippen LogP contribution in [0.5, 0.6) is 0 Å². The Labute approximate surface area is 188 Å². The van der Waals surface area contributed by atoms with E-state index < -0.39 is 30.8 Å². The van der Waals surface area contributed by atoms with Gasteiger partial charge in [0.05, 0.1) is 0 Å². The molecule has 3 aromatic carbocycles. The van der Waals surface area contributed by atoms with Gasteiger partial charge in [-0.25, -0.2) is 0 Å². The molecule has 0 bridgehead atoms. The quantitative estimate of drug-likeness (QED) is 0.432. The Hall–Kier alpha value is -3.17. The first-order chi connectivity index (χ1) is 15.3. The van der Waals surface area contributed by atoms with Gasteiger partial charge in [0.2, 0.25) is 0 Å². The van der Waals surface area contributed by atoms with Gasteiger partial charge in [-0.3, -0.25) is 9.59 Å². The predicted octanol–water partition coefficient (Wildman–Crippen LogP) is 4.33. The van der Waals surface area contributed by atoms with Crippen molar-refractivity contribution in [3.63, 3.8) is 0 Å². The van der Waals surface area contributed by atoms with Gasteiger partial charge < -0.3 is 14.6 Å². The first-order valence-electron chi connectivity index (χ1n) is 10.6. The molecule has 0 spiro atoms. The minimum Gasteiger partial charge on any atom is -0.455 e. The molecular formula is C26H26NO4P. The number of aryl methyl sites for hydroxylation is 2. The predicted molar refractivity (Wildman–Crippen MR) is 127 cm³/mol. The minimum absolute atomic E-state index is 0.419. The van der Waals surface area contributed by atoms with E-state index in [1.807, 2.05) is 68.4 Å². The van der Waals surface area contributed by atoms with E-state index in [9.17, 15) is 14.2 Å². The number of benzene rings is 3. The van der Waals surface area contributed by atoms with Gasteiger partial charge in [-0.2, -0.15) is 0 Å². The fraction of sp³-hybridized carbons (Fsp3) is 0.231. The van der Waals surface area contributed by atoms with Gasteiger partial charge in [0.1, 0.15) is 5.16 Å². The normalized spacial score (nSPS) is 14.4. The molecule has 1 amide bonds. The van der Waals surface area contributed by atoms with Crippen LogP contribution < -0.4 is 15.9 Å². The summed E-state index contributed by atoms with van der Waals surface area (Å²) in [5, 5.41) is 2.89. The van der Waals surface area contributed by atoms with E-state index >= 15 is 0 Å². The minimum atomic E-state index is -3.32. The molecule has 32 heavy (non-hydrogen) atoms. The average molecular weight is 447 g/mol. The molecular weight excluding hydrogens is 421 g/mol. The number of carbonyl (C=O) groups excluding carboxylic acids is 2. The number of ether oxygens (including phenoxy) is 1. The molecule has 5 nitrogen and oxygen atoms in total. The Bertz CT molecular complexity index is 1120. The second-order valence-electron chi connectivity index (χ2n) is 8.31. The fourth-order valence-electron chi connectivity index (χ4n) is 4.19. The monoisotopic (exact) mass is 447 g/mol. The van der Waals surface area contributed by atoms with E-state index in [2.05, 4.69) is 5.32 Å². The fourth-order valence-corrected chi connectivity index (χ4v) is 7.73. The number of esters is 1. The molecule has 1 saturated carbocycles. The Balaban J connectivity index is 1.54. The van der Waals surface area contributed by atoms with Crippen molar-refractivity contribution in [1.29, 1.82) is 0 Å². The van der Waals surface area contributed by atoms with Crippen LogP contribution in [-0.4, -0.2) is 23.6 Å². The van der Waals surface area contributed by atoms with Crippen LogP contribution in [0, 0.1) is 13.8 Å². The summed E-state index contributed by atoms with van der Waals surface area (Å²) in [6, 6.07) is 23.9. The van der Waals surface area contributed by atoms with Gasteiger partial charge in [0.15, 0.2) is 13.7 Å². The zero-order valence-corrected chi connectivity index (χ0v) is 19.1. The van der Waals surface area contributed by atoms with E-state index in [0.29, 0.717) is 29.1 Å². The van der Waals surface area contributed by atoms with Crippen molar-refractivity contribution < 1.29 is 18.9 Å². The molecule has 0 radical (unpaired) electrons. The van der Waals surface area contributed by atoms with Crippen LogP contribution in [0.3, 0.4) is 0 Å². The van der Waals surface area contributed by atoms with Gasteiger partial charge in [0, 0.05) is 16.3 Å². The Morgan fingerprint density at radius 1 is 0.875 bits per heavy atom. The molecule has 1 aliphatic rings. The van der Waals surface area contributed by atoms with Crippen LogP contribution in [-0.2, 0) is 18.9 Å². The summed E-state index contributed by atoms with van der Waals surface area (Å²) in [5.74, 6) is -1.00. The molecule has 164 valence electrons. The maximum absolute atomic E-state index is 14.6. The second kappa shape index (κ2) is 8.76. The molecule has 1 N–H and O–H groups in total. The maximum Gasteiger partial charge on any atom is 0.320 e. The van der Waals surface area contributed by atoms with Crippen LogP contribution in [0.15, 0.2) is 78.9 Å². The largest absolute Gasteiger partial charge is 0.455 e. The van der Waals surface area contributed by atoms with Gasteiger partial charge in [-0.05, 0) is 49.9 Å². The number of nitrogens with one attached hydrogen (secondary N) is 1. The van der Waals surface area contributed by atoms with Gasteiger partial charge in [0.25, 0.3) is 5.91 Å². The average Bonchev–Trinajstić information content (AvgIpc) is 3.60. The number of rotatable bonds is 7. The number of hydrogen-bond donors (Lipinski definition) is 1. The maximum atomic E-state index is 14.6. The molecule has 0 atom stereocenters. The van der Waals surface area contributed by atoms with E-state index in [-0.39, 0.29) is 0 Å². The zero-order valence-electron chi connectivity index (χ0n) is 18.2. The van der Waals surface area contributed by atoms with Crippen molar-refractivity contribution in [2.75, 3.05) is 11.9 Å². The lowest BCUT2D eigenvalue weighted by Gasteiger charge is -2.27. The van der Waals surface area contributed by atoms with Gasteiger partial charge >= 0.3 is 5.97 Å². The summed E-state index contributed by atoms with van der Waals surface area (Å²) in [6.45, 7) is 3.48. The van der Waals surface area contributed by atoms with Crippen molar-refractivity contribution in [2.24, 2.45) is 0 Å². The highest BCUT2D eigenvalue weighted by molar-refractivity contribution is 7.81. The summed E-state index contributed by atoms with van der Waals surface area (Å²) in [7, 11) is -3.32. The lowest BCUT2D eigenvalue weighted by molar-refractivity contribution is -0.147. The smallest absolute Gasteiger partial charge is 0.320 e. The summed E-state index contributed by atoms with van der Waals surface area (Å²) >= 11 is 0. The Morgan fingerprint density at radius 3 is 1.84 bits per heavy atom. The van der Waals surface area contributed by atoms with Crippen LogP contribution >= 0.6 is 7.14 Å². The number of carbonyl (C=O) groups is 2. The Morgan fingerprint density at radius 2 is 1.38 bits per heavy atom. The summed E-state index contributed by atoms with van der Waals surface area (Å²) in [5.41, 5.74) is 2.71. The highest BCUT2D eigenvalue weighted by atomic mass is 31.2. The number of anilines is 1. The summed E-state index contributed by atoms with van der Waals surface area (Å²) in [4.78, 5) is 25.6. The molecule has 3 aromatic rings. The van der Waals surface area contributed by atoms with Crippen LogP contribution in [0.25, 0.3) is 0 Å². The van der Waals surface area contributed by atoms with Crippen LogP contribution in [0.4, 0.5) is 5.69 Å². The molecule has 6 heteroatoms. The lowest BCUT2D eigenvalue weighted by Crippen LogP contribution is -2.36. The van der Waals surface area contributed by atoms with Gasteiger partial charge in [-0.1, -0.05) is 66.7 Å². The third kappa shape index (κ3) is 4.13. The van der Waals surface area contributed by atoms with Crippen LogP contribution in [0.2, 0.25) is 0 Å². The lowest BCUT2D eigenvalue weighted by atomic mass is 10.1. The first kappa shape index (κ1) is 22.0. The van der Waals surface area contributed by atoms with E-state index in [1.165, 1.54) is 0 Å². The van der Waals surface area contributed by atoms with Crippen molar-refractivity contribution >= 4 is 35.3 Å². The van der Waals surface area contributed by atoms with E-state index in [0.717, 1.165) is 11.1 Å². The number of amides is 1. The molecule has 1 aliphatic carbocycles. The second-order valence-corrected chi connectivity index (χ2v) is 11.4. The SMILES string of the molecule is Cc1cc(C)cc(NC(=O)COC(=O)C2(P(=O)(c3ccccc3)c3ccccc3)CC2)c1. The zero-order chi connectivity index (χ0) is 22.8. The highest BCUT2D eigenvalue weighted by Crippen LogP contribution is 2.68. The van der Waals surface area contributed by atoms with Crippen molar-refractivity contribution in [1.82, 2.24) is 0 Å². The van der Waals surface area contributed by atoms with Crippen molar-refractivity contribution in [3.8, 4) is 0 Å². The van der Waals surface area contributed by atoms with E-state index in [4.69, 9.17) is 4.74 Å². The van der Waals surface area contributed by atoms with Crippen molar-refractivity contribution in [2.45, 2.75) is 31.8 Å². The summed E-state index contributed by atoms with van der Waals surface area (Å²) < 4.78 is 20.0. The van der Waals surface area contributed by atoms with E-state index in [1.54, 1.807) is 24.3 Å². The molecule has 0 aliphatic heterocycles. The molecule has 0 heterocycles. The standard InChI is InChI=1S/C26H26NO4P/c1-19-15-20(2)17-21(16-19)27-24(28)18-31-25(29)26(13-14-26)32(30,22-9-5-3-6-10-22)23-11-7-4-8-12-23/h3-12,15-17H,13-14,18H2,1-2H3,(H,27,28). The molecule has 0 unspecified atom stereocenters. The Kier molecular flexibility index (Phi) is 6.03. The van der Waals surface area contributed by atoms with Gasteiger partial charge in [-0.15, -0.1) is 0 Å². The molecule has 0 saturated heterocycles. The third-order valence-electron chi connectivity index (χ3n) is 5.79. The topological polar surface area (TPSA) is 72.5 Å². The highest BCUT2D eigenvalue weighted by Gasteiger charge is 2.65. The molecule has 0 aromatic heterocycles.